The van der Waals surface area contributed by atoms with E-state index in [0.29, 0.717) is 23.9 Å². The minimum absolute atomic E-state index is 0.134. The molecule has 9 nitrogen and oxygen atoms in total. The van der Waals surface area contributed by atoms with Crippen molar-refractivity contribution in [1.29, 1.82) is 0 Å². The van der Waals surface area contributed by atoms with Gasteiger partial charge in [-0.25, -0.2) is 0 Å². The number of unbranched alkanes of at least 4 members (excludes halogenated alkanes) is 23. The zero-order valence-electron chi connectivity index (χ0n) is 50.0. The maximum absolute atomic E-state index is 12.9. The Morgan fingerprint density at radius 1 is 0.390 bits per heavy atom. The van der Waals surface area contributed by atoms with Crippen molar-refractivity contribution in [1.82, 2.24) is 0 Å². The van der Waals surface area contributed by atoms with Gasteiger partial charge in [0.2, 0.25) is 0 Å². The summed E-state index contributed by atoms with van der Waals surface area (Å²) in [7, 11) is 5.90. The fourth-order valence-electron chi connectivity index (χ4n) is 8.34. The molecule has 440 valence electrons. The van der Waals surface area contributed by atoms with Gasteiger partial charge in [0.1, 0.15) is 13.2 Å². The summed E-state index contributed by atoms with van der Waals surface area (Å²) in [5.41, 5.74) is 0. The van der Waals surface area contributed by atoms with Crippen molar-refractivity contribution in [3.05, 3.63) is 109 Å². The summed E-state index contributed by atoms with van der Waals surface area (Å²) in [5.74, 6) is -2.39. The maximum Gasteiger partial charge on any atom is 0.306 e. The maximum atomic E-state index is 12.9. The molecule has 0 heterocycles. The van der Waals surface area contributed by atoms with Crippen LogP contribution >= 0.6 is 0 Å². The molecule has 2 unspecified atom stereocenters. The van der Waals surface area contributed by atoms with Gasteiger partial charge in [0.25, 0.3) is 0 Å². The van der Waals surface area contributed by atoms with E-state index in [1.54, 1.807) is 0 Å². The number of carbonyl (C=O) groups is 3. The Labute approximate surface area is 473 Å². The van der Waals surface area contributed by atoms with Crippen molar-refractivity contribution < 1.29 is 42.9 Å². The summed E-state index contributed by atoms with van der Waals surface area (Å²) < 4.78 is 22.6. The zero-order chi connectivity index (χ0) is 56.2. The second kappa shape index (κ2) is 58.1. The summed E-state index contributed by atoms with van der Waals surface area (Å²) in [5, 5.41) is 11.8. The van der Waals surface area contributed by atoms with E-state index in [1.807, 2.05) is 33.3 Å². The van der Waals surface area contributed by atoms with Crippen molar-refractivity contribution in [2.75, 3.05) is 47.5 Å². The monoisotopic (exact) mass is 1070 g/mol. The first-order chi connectivity index (χ1) is 37.6. The minimum atomic E-state index is -1.64. The lowest BCUT2D eigenvalue weighted by Gasteiger charge is -2.26. The normalized spacial score (nSPS) is 13.5. The van der Waals surface area contributed by atoms with Gasteiger partial charge in [0.15, 0.2) is 12.4 Å². The van der Waals surface area contributed by atoms with Crippen LogP contribution in [0.15, 0.2) is 109 Å². The number of quaternary nitrogens is 1. The Bertz CT molecular complexity index is 1630. The third kappa shape index (κ3) is 59.5. The van der Waals surface area contributed by atoms with E-state index in [2.05, 4.69) is 111 Å². The Balaban J connectivity index is 4.01. The van der Waals surface area contributed by atoms with Crippen LogP contribution in [0.5, 0.6) is 0 Å². The molecule has 0 saturated heterocycles. The third-order valence-corrected chi connectivity index (χ3v) is 13.0. The number of ether oxygens (including phenoxy) is 4. The molecule has 0 bridgehead atoms. The standard InChI is InChI=1S/C68H115NO8/c1-6-8-10-12-14-16-18-20-21-22-23-24-25-26-27-28-29-30-31-32-33-34-35-36-37-38-39-40-41-42-43-44-45-47-49-51-53-55-57-59-66(71)77-64(63-76-68(67(72)73)74-61-60-69(3,4)5)62-75-65(70)58-56-54-52-50-48-46-19-17-15-13-11-9-7-2/h8-11,14-17,20-21,23-24,26-27,46,48,52,54,64,68H,6-7,12-13,18-19,22,25,28-45,47,49-51,53,55-63H2,1-5H3/b10-8-,11-9-,16-14-,17-15-,21-20-,24-23-,27-26-,48-46-,54-52-. The number of nitrogens with zero attached hydrogens (tertiary/aromatic N) is 1. The van der Waals surface area contributed by atoms with Crippen LogP contribution in [0.4, 0.5) is 0 Å². The molecule has 0 aliphatic rings. The summed E-state index contributed by atoms with van der Waals surface area (Å²) >= 11 is 0. The van der Waals surface area contributed by atoms with Crippen molar-refractivity contribution in [2.45, 2.75) is 257 Å². The largest absolute Gasteiger partial charge is 0.545 e. The molecule has 0 radical (unpaired) electrons. The number of carboxylic acid groups (broad SMARTS) is 1. The summed E-state index contributed by atoms with van der Waals surface area (Å²) in [6, 6.07) is 0. The molecule has 0 aromatic heterocycles. The molecule has 0 rings (SSSR count). The number of carbonyl (C=O) groups excluding carboxylic acids is 3. The number of rotatable bonds is 56. The van der Waals surface area contributed by atoms with Crippen LogP contribution in [0.3, 0.4) is 0 Å². The van der Waals surface area contributed by atoms with Crippen molar-refractivity contribution in [3.8, 4) is 0 Å². The zero-order valence-corrected chi connectivity index (χ0v) is 50.0. The van der Waals surface area contributed by atoms with Crippen molar-refractivity contribution in [2.24, 2.45) is 0 Å². The molecule has 0 fully saturated rings. The van der Waals surface area contributed by atoms with E-state index in [0.717, 1.165) is 77.0 Å². The second-order valence-corrected chi connectivity index (χ2v) is 21.6. The highest BCUT2D eigenvalue weighted by atomic mass is 16.7. The Morgan fingerprint density at radius 2 is 0.727 bits per heavy atom. The molecule has 0 aromatic carbocycles. The average molecular weight is 1070 g/mol. The molecule has 0 saturated carbocycles. The van der Waals surface area contributed by atoms with E-state index < -0.39 is 30.3 Å². The van der Waals surface area contributed by atoms with Crippen LogP contribution < -0.4 is 5.11 Å². The molecule has 77 heavy (non-hydrogen) atoms. The van der Waals surface area contributed by atoms with Crippen LogP contribution in [0.25, 0.3) is 0 Å². The molecule has 0 N–H and O–H groups in total. The number of allylic oxidation sites excluding steroid dienone is 18. The van der Waals surface area contributed by atoms with Crippen LogP contribution in [0, 0.1) is 0 Å². The van der Waals surface area contributed by atoms with E-state index in [-0.39, 0.29) is 32.7 Å². The molecular weight excluding hydrogens is 959 g/mol. The third-order valence-electron chi connectivity index (χ3n) is 13.0. The van der Waals surface area contributed by atoms with E-state index in [1.165, 1.54) is 128 Å². The highest BCUT2D eigenvalue weighted by Crippen LogP contribution is 2.17. The van der Waals surface area contributed by atoms with Crippen LogP contribution in [0.1, 0.15) is 245 Å². The topological polar surface area (TPSA) is 111 Å². The molecule has 2 atom stereocenters. The molecule has 0 spiro atoms. The molecule has 0 aliphatic heterocycles. The molecule has 0 aromatic rings. The van der Waals surface area contributed by atoms with Crippen LogP contribution in [-0.4, -0.2) is 82.3 Å². The second-order valence-electron chi connectivity index (χ2n) is 21.6. The number of hydrogen-bond donors (Lipinski definition) is 0. The Morgan fingerprint density at radius 3 is 1.09 bits per heavy atom. The number of carboxylic acids is 1. The smallest absolute Gasteiger partial charge is 0.306 e. The number of likely N-dealkylation sites (N-methyl/N-ethyl adjacent to an activating group) is 1. The number of hydrogen-bond acceptors (Lipinski definition) is 8. The number of esters is 2. The summed E-state index contributed by atoms with van der Waals surface area (Å²) in [6.07, 6.45) is 77.7. The lowest BCUT2D eigenvalue weighted by molar-refractivity contribution is -0.870. The summed E-state index contributed by atoms with van der Waals surface area (Å²) in [4.78, 5) is 37.2. The SMILES string of the molecule is CC/C=C\C/C=C\C/C=C\C/C=C\C/C=C\CCCCCCCCCCCCCCCCCCCCCCCCCC(=O)OC(COC(=O)CC/C=C\C/C=C\C/C=C\C/C=C\CC)COC(OCC[N+](C)(C)C)C(=O)[O-]. The van der Waals surface area contributed by atoms with Gasteiger partial charge in [0.05, 0.1) is 40.3 Å². The first-order valence-electron chi connectivity index (χ1n) is 31.0. The van der Waals surface area contributed by atoms with Gasteiger partial charge in [-0.15, -0.1) is 0 Å². The predicted octanol–water partition coefficient (Wildman–Crippen LogP) is 17.3. The summed E-state index contributed by atoms with van der Waals surface area (Å²) in [6.45, 7) is 4.43. The van der Waals surface area contributed by atoms with E-state index >= 15 is 0 Å². The molecule has 0 amide bonds. The van der Waals surface area contributed by atoms with Crippen LogP contribution in [-0.2, 0) is 33.3 Å². The Hall–Kier alpha value is -4.05. The Kier molecular flexibility index (Phi) is 55.1. The quantitative estimate of drug-likeness (QED) is 0.0195. The lowest BCUT2D eigenvalue weighted by atomic mass is 10.0. The van der Waals surface area contributed by atoms with Crippen LogP contribution in [0.2, 0.25) is 0 Å². The van der Waals surface area contributed by atoms with E-state index in [4.69, 9.17) is 18.9 Å². The fraction of sp³-hybridized carbons (Fsp3) is 0.691. The highest BCUT2D eigenvalue weighted by Gasteiger charge is 2.22. The lowest BCUT2D eigenvalue weighted by Crippen LogP contribution is -2.44. The minimum Gasteiger partial charge on any atom is -0.545 e. The highest BCUT2D eigenvalue weighted by molar-refractivity contribution is 5.70. The molecule has 9 heteroatoms. The predicted molar refractivity (Wildman–Crippen MR) is 324 cm³/mol. The van der Waals surface area contributed by atoms with Gasteiger partial charge >= 0.3 is 11.9 Å². The average Bonchev–Trinajstić information content (AvgIpc) is 3.40. The van der Waals surface area contributed by atoms with Gasteiger partial charge < -0.3 is 33.3 Å². The molecular formula is C68H115NO8. The number of aliphatic carboxylic acids is 1. The van der Waals surface area contributed by atoms with Gasteiger partial charge in [0, 0.05) is 12.8 Å². The van der Waals surface area contributed by atoms with Gasteiger partial charge in [-0.05, 0) is 83.5 Å². The van der Waals surface area contributed by atoms with Crippen molar-refractivity contribution >= 4 is 17.9 Å². The fourth-order valence-corrected chi connectivity index (χ4v) is 8.34. The van der Waals surface area contributed by atoms with Crippen molar-refractivity contribution in [3.63, 3.8) is 0 Å². The van der Waals surface area contributed by atoms with Gasteiger partial charge in [-0.3, -0.25) is 9.59 Å². The van der Waals surface area contributed by atoms with Gasteiger partial charge in [-0.2, -0.15) is 0 Å². The van der Waals surface area contributed by atoms with Gasteiger partial charge in [-0.1, -0.05) is 258 Å². The first-order valence-corrected chi connectivity index (χ1v) is 31.0. The first kappa shape index (κ1) is 73.0. The van der Waals surface area contributed by atoms with E-state index in [9.17, 15) is 19.5 Å². The molecule has 0 aliphatic carbocycles.